The van der Waals surface area contributed by atoms with Crippen molar-refractivity contribution in [3.63, 3.8) is 0 Å². The van der Waals surface area contributed by atoms with Crippen LogP contribution in [0.25, 0.3) is 0 Å². The maximum atomic E-state index is 11.9. The van der Waals surface area contributed by atoms with E-state index in [1.807, 2.05) is 13.8 Å². The lowest BCUT2D eigenvalue weighted by Gasteiger charge is -2.16. The molecular weight excluding hydrogens is 218 g/mol. The molecule has 1 aromatic rings. The molecule has 0 aromatic carbocycles. The Morgan fingerprint density at radius 3 is 2.88 bits per heavy atom. The van der Waals surface area contributed by atoms with Crippen LogP contribution in [0, 0.1) is 5.92 Å². The molecule has 1 unspecified atom stereocenters. The number of hydrogen-bond donors (Lipinski definition) is 2. The van der Waals surface area contributed by atoms with E-state index in [-0.39, 0.29) is 11.9 Å². The number of nitrogens with zero attached hydrogens (tertiary/aromatic N) is 1. The first-order valence-corrected chi connectivity index (χ1v) is 5.59. The zero-order valence-electron chi connectivity index (χ0n) is 10.4. The van der Waals surface area contributed by atoms with E-state index >= 15 is 0 Å². The van der Waals surface area contributed by atoms with Crippen molar-refractivity contribution in [1.29, 1.82) is 0 Å². The molecule has 0 aliphatic carbocycles. The van der Waals surface area contributed by atoms with Gasteiger partial charge in [-0.05, 0) is 18.1 Å². The summed E-state index contributed by atoms with van der Waals surface area (Å²) >= 11 is 0. The minimum atomic E-state index is -0.217. The van der Waals surface area contributed by atoms with E-state index < -0.39 is 0 Å². The van der Waals surface area contributed by atoms with Crippen molar-refractivity contribution in [3.8, 4) is 5.88 Å². The molecule has 0 aliphatic rings. The topological polar surface area (TPSA) is 77.2 Å². The van der Waals surface area contributed by atoms with Crippen LogP contribution in [0.2, 0.25) is 0 Å². The van der Waals surface area contributed by atoms with Gasteiger partial charge in [0, 0.05) is 18.8 Å². The third-order valence-electron chi connectivity index (χ3n) is 2.56. The van der Waals surface area contributed by atoms with Crippen molar-refractivity contribution < 1.29 is 9.53 Å². The van der Waals surface area contributed by atoms with Crippen LogP contribution in [0.1, 0.15) is 24.2 Å². The largest absolute Gasteiger partial charge is 0.480 e. The Labute approximate surface area is 101 Å². The van der Waals surface area contributed by atoms with Crippen LogP contribution in [-0.4, -0.2) is 30.6 Å². The number of hydrogen-bond acceptors (Lipinski definition) is 4. The van der Waals surface area contributed by atoms with Crippen LogP contribution in [-0.2, 0) is 0 Å². The third kappa shape index (κ3) is 3.71. The molecule has 1 heterocycles. The van der Waals surface area contributed by atoms with Gasteiger partial charge in [-0.2, -0.15) is 0 Å². The molecule has 0 saturated carbocycles. The quantitative estimate of drug-likeness (QED) is 0.794. The van der Waals surface area contributed by atoms with E-state index in [2.05, 4.69) is 10.3 Å². The number of aromatic nitrogens is 1. The Morgan fingerprint density at radius 2 is 2.29 bits per heavy atom. The summed E-state index contributed by atoms with van der Waals surface area (Å²) in [4.78, 5) is 15.8. The van der Waals surface area contributed by atoms with Gasteiger partial charge in [0.25, 0.3) is 5.91 Å². The lowest BCUT2D eigenvalue weighted by Crippen LogP contribution is -2.40. The summed E-state index contributed by atoms with van der Waals surface area (Å²) in [5.41, 5.74) is 6.27. The first kappa shape index (κ1) is 13.4. The summed E-state index contributed by atoms with van der Waals surface area (Å²) in [6, 6.07) is 3.31. The summed E-state index contributed by atoms with van der Waals surface area (Å²) in [5.74, 6) is 0.431. The molecule has 0 aliphatic heterocycles. The molecule has 5 nitrogen and oxygen atoms in total. The van der Waals surface area contributed by atoms with Crippen molar-refractivity contribution in [2.45, 2.75) is 19.9 Å². The fourth-order valence-corrected chi connectivity index (χ4v) is 1.27. The normalized spacial score (nSPS) is 12.3. The standard InChI is InChI=1S/C12H19N3O2/c1-8(2)10(13)7-15-11(16)9-5-4-6-14-12(9)17-3/h4-6,8,10H,7,13H2,1-3H3,(H,15,16). The van der Waals surface area contributed by atoms with Gasteiger partial charge in [-0.3, -0.25) is 4.79 Å². The molecule has 17 heavy (non-hydrogen) atoms. The second-order valence-corrected chi connectivity index (χ2v) is 4.18. The summed E-state index contributed by atoms with van der Waals surface area (Å²) < 4.78 is 5.02. The van der Waals surface area contributed by atoms with E-state index in [1.54, 1.807) is 18.3 Å². The van der Waals surface area contributed by atoms with Crippen molar-refractivity contribution >= 4 is 5.91 Å². The summed E-state index contributed by atoms with van der Waals surface area (Å²) in [5, 5.41) is 2.77. The van der Waals surface area contributed by atoms with E-state index in [9.17, 15) is 4.79 Å². The number of pyridine rings is 1. The van der Waals surface area contributed by atoms with Crippen molar-refractivity contribution in [1.82, 2.24) is 10.3 Å². The zero-order valence-corrected chi connectivity index (χ0v) is 10.4. The van der Waals surface area contributed by atoms with E-state index in [0.29, 0.717) is 23.9 Å². The summed E-state index contributed by atoms with van der Waals surface area (Å²) in [6.45, 7) is 4.47. The van der Waals surface area contributed by atoms with E-state index in [4.69, 9.17) is 10.5 Å². The second kappa shape index (κ2) is 6.20. The second-order valence-electron chi connectivity index (χ2n) is 4.18. The van der Waals surface area contributed by atoms with Gasteiger partial charge in [0.2, 0.25) is 5.88 Å². The van der Waals surface area contributed by atoms with E-state index in [1.165, 1.54) is 7.11 Å². The van der Waals surface area contributed by atoms with Crippen LogP contribution in [0.3, 0.4) is 0 Å². The SMILES string of the molecule is COc1ncccc1C(=O)NCC(N)C(C)C. The minimum absolute atomic E-state index is 0.0541. The average Bonchev–Trinajstić information content (AvgIpc) is 2.35. The van der Waals surface area contributed by atoms with Crippen molar-refractivity contribution in [2.75, 3.05) is 13.7 Å². The van der Waals surface area contributed by atoms with Crippen LogP contribution in [0.5, 0.6) is 5.88 Å². The zero-order chi connectivity index (χ0) is 12.8. The van der Waals surface area contributed by atoms with Gasteiger partial charge >= 0.3 is 0 Å². The Balaban J connectivity index is 2.64. The Hall–Kier alpha value is -1.62. The minimum Gasteiger partial charge on any atom is -0.480 e. The van der Waals surface area contributed by atoms with Gasteiger partial charge in [-0.25, -0.2) is 4.98 Å². The molecule has 0 spiro atoms. The van der Waals surface area contributed by atoms with Crippen LogP contribution < -0.4 is 15.8 Å². The molecule has 1 amide bonds. The lowest BCUT2D eigenvalue weighted by atomic mass is 10.1. The molecule has 0 saturated heterocycles. The molecule has 94 valence electrons. The van der Waals surface area contributed by atoms with Crippen molar-refractivity contribution in [3.05, 3.63) is 23.9 Å². The van der Waals surface area contributed by atoms with Crippen LogP contribution in [0.4, 0.5) is 0 Å². The number of ether oxygens (including phenoxy) is 1. The predicted octanol–water partition coefficient (Wildman–Crippen LogP) is 0.803. The molecule has 0 bridgehead atoms. The van der Waals surface area contributed by atoms with Gasteiger partial charge in [-0.1, -0.05) is 13.8 Å². The molecule has 1 rings (SSSR count). The number of carbonyl (C=O) groups excluding carboxylic acids is 1. The van der Waals surface area contributed by atoms with Gasteiger partial charge in [0.1, 0.15) is 5.56 Å². The Bertz CT molecular complexity index is 380. The lowest BCUT2D eigenvalue weighted by molar-refractivity contribution is 0.0945. The van der Waals surface area contributed by atoms with Gasteiger partial charge in [-0.15, -0.1) is 0 Å². The number of nitrogens with two attached hydrogens (primary N) is 1. The fraction of sp³-hybridized carbons (Fsp3) is 0.500. The molecule has 0 radical (unpaired) electrons. The Kier molecular flexibility index (Phi) is 4.90. The third-order valence-corrected chi connectivity index (χ3v) is 2.56. The van der Waals surface area contributed by atoms with Crippen LogP contribution in [0.15, 0.2) is 18.3 Å². The molecule has 5 heteroatoms. The fourth-order valence-electron chi connectivity index (χ4n) is 1.27. The van der Waals surface area contributed by atoms with E-state index in [0.717, 1.165) is 0 Å². The average molecular weight is 237 g/mol. The summed E-state index contributed by atoms with van der Waals surface area (Å²) in [6.07, 6.45) is 1.58. The van der Waals surface area contributed by atoms with Crippen LogP contribution >= 0.6 is 0 Å². The molecule has 0 fully saturated rings. The van der Waals surface area contributed by atoms with Crippen molar-refractivity contribution in [2.24, 2.45) is 11.7 Å². The number of amides is 1. The summed E-state index contributed by atoms with van der Waals surface area (Å²) in [7, 11) is 1.49. The maximum Gasteiger partial charge on any atom is 0.256 e. The first-order valence-electron chi connectivity index (χ1n) is 5.59. The highest BCUT2D eigenvalue weighted by Crippen LogP contribution is 2.12. The predicted molar refractivity (Wildman–Crippen MR) is 65.9 cm³/mol. The highest BCUT2D eigenvalue weighted by molar-refractivity contribution is 5.96. The highest BCUT2D eigenvalue weighted by atomic mass is 16.5. The molecule has 1 aromatic heterocycles. The number of rotatable bonds is 5. The number of carbonyl (C=O) groups is 1. The molecular formula is C12H19N3O2. The smallest absolute Gasteiger partial charge is 0.256 e. The number of nitrogens with one attached hydrogen (secondary N) is 1. The molecule has 3 N–H and O–H groups in total. The molecule has 1 atom stereocenters. The van der Waals surface area contributed by atoms with Gasteiger partial charge < -0.3 is 15.8 Å². The monoisotopic (exact) mass is 237 g/mol. The van der Waals surface area contributed by atoms with Gasteiger partial charge in [0.05, 0.1) is 7.11 Å². The first-order chi connectivity index (χ1) is 8.06. The number of methoxy groups -OCH3 is 1. The Morgan fingerprint density at radius 1 is 1.59 bits per heavy atom. The van der Waals surface area contributed by atoms with Gasteiger partial charge in [0.15, 0.2) is 0 Å². The highest BCUT2D eigenvalue weighted by Gasteiger charge is 2.14. The maximum absolute atomic E-state index is 11.9.